The molecule has 0 radical (unpaired) electrons. The highest BCUT2D eigenvalue weighted by atomic mass is 32.2. The highest BCUT2D eigenvalue weighted by molar-refractivity contribution is 7.92. The Bertz CT molecular complexity index is 942. The molecule has 0 saturated carbocycles. The van der Waals surface area contributed by atoms with Crippen LogP contribution in [0.3, 0.4) is 0 Å². The van der Waals surface area contributed by atoms with Gasteiger partial charge in [0.1, 0.15) is 0 Å². The van der Waals surface area contributed by atoms with Crippen LogP contribution in [0.1, 0.15) is 12.8 Å². The average molecular weight is 409 g/mol. The summed E-state index contributed by atoms with van der Waals surface area (Å²) in [6.45, 7) is 0. The lowest BCUT2D eigenvalue weighted by Crippen LogP contribution is -2.54. The Hall–Kier alpha value is -1.01. The van der Waals surface area contributed by atoms with E-state index in [9.17, 15) is 25.3 Å². The number of sulfone groups is 2. The van der Waals surface area contributed by atoms with E-state index in [1.165, 1.54) is 12.1 Å². The molecular formula is C14H20N2O6S3. The van der Waals surface area contributed by atoms with Gasteiger partial charge in [-0.15, -0.1) is 4.41 Å². The maximum atomic E-state index is 13.0. The highest BCUT2D eigenvalue weighted by Gasteiger charge is 2.41. The summed E-state index contributed by atoms with van der Waals surface area (Å²) in [5.41, 5.74) is 2.79. The maximum Gasteiger partial charge on any atom is 0.256 e. The zero-order valence-corrected chi connectivity index (χ0v) is 15.9. The third-order valence-electron chi connectivity index (χ3n) is 4.38. The van der Waals surface area contributed by atoms with E-state index in [1.807, 2.05) is 0 Å². The standard InChI is InChI=1S/C14H20N2O6S3/c17-23(18)8-6-12(10-23)15-16(13-7-9-24(19,20)11-13)25(21,22)14-4-2-1-3-5-14/h1-5,12-13,15H,6-11H2/t12-,13-/m1/s1. The molecule has 2 saturated heterocycles. The summed E-state index contributed by atoms with van der Waals surface area (Å²) < 4.78 is 73.9. The van der Waals surface area contributed by atoms with E-state index in [1.54, 1.807) is 18.2 Å². The minimum absolute atomic E-state index is 0.00709. The van der Waals surface area contributed by atoms with Gasteiger partial charge < -0.3 is 0 Å². The Labute approximate surface area is 148 Å². The zero-order valence-electron chi connectivity index (χ0n) is 13.4. The summed E-state index contributed by atoms with van der Waals surface area (Å²) in [5.74, 6) is -0.519. The molecule has 2 aliphatic rings. The molecule has 2 heterocycles. The van der Waals surface area contributed by atoms with Gasteiger partial charge in [0, 0.05) is 6.04 Å². The number of hydrogen-bond donors (Lipinski definition) is 1. The lowest BCUT2D eigenvalue weighted by atomic mass is 10.2. The molecule has 1 aromatic carbocycles. The molecule has 2 aliphatic heterocycles. The van der Waals surface area contributed by atoms with E-state index in [2.05, 4.69) is 5.43 Å². The SMILES string of the molecule is O=S1(=O)CC[C@@H](NN([C@@H]2CCS(=O)(=O)C2)S(=O)(=O)c2ccccc2)C1. The number of hydrogen-bond acceptors (Lipinski definition) is 7. The van der Waals surface area contributed by atoms with Crippen LogP contribution in [-0.2, 0) is 29.7 Å². The van der Waals surface area contributed by atoms with Crippen LogP contribution >= 0.6 is 0 Å². The second-order valence-corrected chi connectivity index (χ2v) is 12.7. The fraction of sp³-hybridized carbons (Fsp3) is 0.571. The molecule has 0 aliphatic carbocycles. The van der Waals surface area contributed by atoms with Crippen LogP contribution < -0.4 is 5.43 Å². The van der Waals surface area contributed by atoms with E-state index >= 15 is 0 Å². The second-order valence-electron chi connectivity index (χ2n) is 6.40. The van der Waals surface area contributed by atoms with Gasteiger partial charge in [-0.25, -0.2) is 30.7 Å². The molecule has 0 bridgehead atoms. The van der Waals surface area contributed by atoms with Crippen molar-refractivity contribution in [3.8, 4) is 0 Å². The zero-order chi connectivity index (χ0) is 18.3. The van der Waals surface area contributed by atoms with Gasteiger partial charge in [0.25, 0.3) is 10.0 Å². The lowest BCUT2D eigenvalue weighted by molar-refractivity contribution is 0.229. The van der Waals surface area contributed by atoms with Gasteiger partial charge in [-0.2, -0.15) is 0 Å². The topological polar surface area (TPSA) is 118 Å². The van der Waals surface area contributed by atoms with Crippen LogP contribution in [0, 0.1) is 0 Å². The molecule has 3 rings (SSSR count). The second kappa shape index (κ2) is 6.62. The van der Waals surface area contributed by atoms with Crippen molar-refractivity contribution in [1.82, 2.24) is 9.84 Å². The molecule has 2 fully saturated rings. The molecule has 1 aromatic rings. The third-order valence-corrected chi connectivity index (χ3v) is 9.69. The summed E-state index contributed by atoms with van der Waals surface area (Å²) in [6, 6.07) is 6.40. The normalized spacial score (nSPS) is 28.4. The van der Waals surface area contributed by atoms with Crippen LogP contribution in [0.15, 0.2) is 35.2 Å². The highest BCUT2D eigenvalue weighted by Crippen LogP contribution is 2.25. The first kappa shape index (κ1) is 18.8. The number of hydrazine groups is 1. The monoisotopic (exact) mass is 408 g/mol. The van der Waals surface area contributed by atoms with Crippen LogP contribution in [-0.4, -0.2) is 64.8 Å². The van der Waals surface area contributed by atoms with Crippen LogP contribution in [0.2, 0.25) is 0 Å². The largest absolute Gasteiger partial charge is 0.256 e. The van der Waals surface area contributed by atoms with Gasteiger partial charge in [0.2, 0.25) is 0 Å². The molecule has 0 aromatic heterocycles. The number of benzene rings is 1. The van der Waals surface area contributed by atoms with Crippen molar-refractivity contribution in [2.24, 2.45) is 0 Å². The van der Waals surface area contributed by atoms with Crippen molar-refractivity contribution in [3.05, 3.63) is 30.3 Å². The lowest BCUT2D eigenvalue weighted by Gasteiger charge is -2.30. The van der Waals surface area contributed by atoms with Crippen molar-refractivity contribution in [1.29, 1.82) is 0 Å². The Morgan fingerprint density at radius 2 is 1.52 bits per heavy atom. The summed E-state index contributed by atoms with van der Waals surface area (Å²) in [4.78, 5) is 0.0349. The molecule has 140 valence electrons. The molecule has 0 amide bonds. The Morgan fingerprint density at radius 1 is 0.920 bits per heavy atom. The summed E-state index contributed by atoms with van der Waals surface area (Å²) in [6.07, 6.45) is 0.476. The van der Waals surface area contributed by atoms with Crippen LogP contribution in [0.5, 0.6) is 0 Å². The predicted octanol–water partition coefficient (Wildman–Crippen LogP) is -0.444. The molecular weight excluding hydrogens is 388 g/mol. The summed E-state index contributed by atoms with van der Waals surface area (Å²) >= 11 is 0. The Morgan fingerprint density at radius 3 is 2.04 bits per heavy atom. The molecule has 1 N–H and O–H groups in total. The number of rotatable bonds is 5. The molecule has 0 unspecified atom stereocenters. The first-order chi connectivity index (χ1) is 11.6. The fourth-order valence-electron chi connectivity index (χ4n) is 3.11. The summed E-state index contributed by atoms with van der Waals surface area (Å²) in [7, 11) is -10.5. The number of sulfonamides is 1. The van der Waals surface area contributed by atoms with Gasteiger partial charge >= 0.3 is 0 Å². The minimum Gasteiger partial charge on any atom is -0.237 e. The van der Waals surface area contributed by atoms with Crippen molar-refractivity contribution in [3.63, 3.8) is 0 Å². The predicted molar refractivity (Wildman–Crippen MR) is 92.7 cm³/mol. The Balaban J connectivity index is 1.92. The van der Waals surface area contributed by atoms with E-state index in [0.29, 0.717) is 6.42 Å². The van der Waals surface area contributed by atoms with Gasteiger partial charge in [-0.3, -0.25) is 0 Å². The van der Waals surface area contributed by atoms with Gasteiger partial charge in [-0.1, -0.05) is 18.2 Å². The molecule has 11 heteroatoms. The first-order valence-corrected chi connectivity index (χ1v) is 12.9. The molecule has 8 nitrogen and oxygen atoms in total. The minimum atomic E-state index is -4.00. The smallest absolute Gasteiger partial charge is 0.237 e. The molecule has 25 heavy (non-hydrogen) atoms. The van der Waals surface area contributed by atoms with Crippen LogP contribution in [0.4, 0.5) is 0 Å². The van der Waals surface area contributed by atoms with Crippen molar-refractivity contribution in [2.75, 3.05) is 23.0 Å². The van der Waals surface area contributed by atoms with Gasteiger partial charge in [0.15, 0.2) is 19.7 Å². The Kier molecular flexibility index (Phi) is 4.97. The number of nitrogens with zero attached hydrogens (tertiary/aromatic N) is 1. The van der Waals surface area contributed by atoms with E-state index in [4.69, 9.17) is 0 Å². The first-order valence-electron chi connectivity index (χ1n) is 7.86. The molecule has 0 spiro atoms. The molecule has 2 atom stereocenters. The van der Waals surface area contributed by atoms with Crippen molar-refractivity contribution < 1.29 is 25.3 Å². The quantitative estimate of drug-likeness (QED) is 0.656. The number of nitrogens with one attached hydrogen (secondary N) is 1. The summed E-state index contributed by atoms with van der Waals surface area (Å²) in [5, 5.41) is 0. The fourth-order valence-corrected chi connectivity index (χ4v) is 8.16. The van der Waals surface area contributed by atoms with E-state index < -0.39 is 41.8 Å². The maximum absolute atomic E-state index is 13.0. The third kappa shape index (κ3) is 4.22. The van der Waals surface area contributed by atoms with E-state index in [-0.39, 0.29) is 34.3 Å². The van der Waals surface area contributed by atoms with Crippen molar-refractivity contribution >= 4 is 29.7 Å². The van der Waals surface area contributed by atoms with E-state index in [0.717, 1.165) is 4.41 Å². The van der Waals surface area contributed by atoms with Crippen molar-refractivity contribution in [2.45, 2.75) is 29.8 Å². The average Bonchev–Trinajstić information content (AvgIpc) is 3.07. The van der Waals surface area contributed by atoms with Gasteiger partial charge in [0.05, 0.1) is 33.9 Å². The van der Waals surface area contributed by atoms with Gasteiger partial charge in [-0.05, 0) is 25.0 Å². The van der Waals surface area contributed by atoms with Crippen LogP contribution in [0.25, 0.3) is 0 Å².